The average molecular weight is 199 g/mol. The molecule has 0 atom stereocenters. The molecule has 1 saturated heterocycles. The third-order valence-corrected chi connectivity index (χ3v) is 3.62. The highest BCUT2D eigenvalue weighted by Gasteiger charge is 2.19. The Balaban J connectivity index is 2.01. The Morgan fingerprint density at radius 3 is 2.53 bits per heavy atom. The number of benzene rings is 1. The SMILES string of the molecule is c1ccc2c(c1)CCC2=C1CCNCC1. The lowest BCUT2D eigenvalue weighted by Gasteiger charge is -2.18. The number of nitrogens with one attached hydrogen (secondary N) is 1. The zero-order chi connectivity index (χ0) is 10.1. The van der Waals surface area contributed by atoms with Gasteiger partial charge in [-0.2, -0.15) is 0 Å². The molecule has 0 saturated carbocycles. The van der Waals surface area contributed by atoms with E-state index in [4.69, 9.17) is 0 Å². The van der Waals surface area contributed by atoms with Crippen LogP contribution in [0.15, 0.2) is 29.8 Å². The van der Waals surface area contributed by atoms with Gasteiger partial charge < -0.3 is 5.32 Å². The minimum absolute atomic E-state index is 1.17. The van der Waals surface area contributed by atoms with E-state index in [-0.39, 0.29) is 0 Å². The van der Waals surface area contributed by atoms with Gasteiger partial charge in [0, 0.05) is 0 Å². The van der Waals surface area contributed by atoms with Crippen LogP contribution in [0.2, 0.25) is 0 Å². The van der Waals surface area contributed by atoms with Crippen LogP contribution >= 0.6 is 0 Å². The Morgan fingerprint density at radius 1 is 0.867 bits per heavy atom. The molecule has 1 heterocycles. The largest absolute Gasteiger partial charge is 0.316 e. The molecular weight excluding hydrogens is 182 g/mol. The molecule has 1 nitrogen and oxygen atoms in total. The van der Waals surface area contributed by atoms with Crippen molar-refractivity contribution in [3.8, 4) is 0 Å². The average Bonchev–Trinajstić information content (AvgIpc) is 2.74. The Labute approximate surface area is 91.2 Å². The van der Waals surface area contributed by atoms with Crippen LogP contribution in [0, 0.1) is 0 Å². The Hall–Kier alpha value is -1.08. The van der Waals surface area contributed by atoms with Gasteiger partial charge in [-0.15, -0.1) is 0 Å². The number of aryl methyl sites for hydroxylation is 1. The van der Waals surface area contributed by atoms with Crippen LogP contribution in [0.4, 0.5) is 0 Å². The van der Waals surface area contributed by atoms with Crippen molar-refractivity contribution in [2.75, 3.05) is 13.1 Å². The van der Waals surface area contributed by atoms with Crippen LogP contribution in [0.5, 0.6) is 0 Å². The van der Waals surface area contributed by atoms with Crippen molar-refractivity contribution in [2.45, 2.75) is 25.7 Å². The van der Waals surface area contributed by atoms with Crippen LogP contribution in [-0.2, 0) is 6.42 Å². The summed E-state index contributed by atoms with van der Waals surface area (Å²) >= 11 is 0. The van der Waals surface area contributed by atoms with Crippen molar-refractivity contribution in [2.24, 2.45) is 0 Å². The fourth-order valence-corrected chi connectivity index (χ4v) is 2.82. The van der Waals surface area contributed by atoms with Crippen LogP contribution < -0.4 is 5.32 Å². The fourth-order valence-electron chi connectivity index (χ4n) is 2.82. The first-order valence-electron chi connectivity index (χ1n) is 5.95. The summed E-state index contributed by atoms with van der Waals surface area (Å²) in [7, 11) is 0. The molecule has 0 radical (unpaired) electrons. The third-order valence-electron chi connectivity index (χ3n) is 3.62. The first-order valence-corrected chi connectivity index (χ1v) is 5.95. The number of rotatable bonds is 0. The van der Waals surface area contributed by atoms with E-state index in [0.717, 1.165) is 0 Å². The number of allylic oxidation sites excluding steroid dienone is 1. The Kier molecular flexibility index (Phi) is 2.34. The van der Waals surface area contributed by atoms with Crippen LogP contribution in [0.25, 0.3) is 5.57 Å². The van der Waals surface area contributed by atoms with E-state index in [1.54, 1.807) is 16.7 Å². The molecule has 3 rings (SSSR count). The smallest absolute Gasteiger partial charge is 0.00112 e. The van der Waals surface area contributed by atoms with Crippen molar-refractivity contribution in [1.82, 2.24) is 5.32 Å². The summed E-state index contributed by atoms with van der Waals surface area (Å²) in [6, 6.07) is 8.91. The predicted octanol–water partition coefficient (Wildman–Crippen LogP) is 2.77. The predicted molar refractivity (Wildman–Crippen MR) is 63.8 cm³/mol. The van der Waals surface area contributed by atoms with Crippen LogP contribution in [0.3, 0.4) is 0 Å². The van der Waals surface area contributed by atoms with E-state index in [0.29, 0.717) is 0 Å². The van der Waals surface area contributed by atoms with Crippen molar-refractivity contribution >= 4 is 5.57 Å². The molecule has 0 spiro atoms. The van der Waals surface area contributed by atoms with Gasteiger partial charge in [-0.1, -0.05) is 29.8 Å². The second kappa shape index (κ2) is 3.82. The Bertz CT molecular complexity index is 396. The lowest BCUT2D eigenvalue weighted by molar-refractivity contribution is 0.610. The zero-order valence-corrected chi connectivity index (χ0v) is 9.05. The molecule has 1 N–H and O–H groups in total. The molecule has 1 aromatic rings. The first kappa shape index (κ1) is 9.17. The lowest BCUT2D eigenvalue weighted by Crippen LogP contribution is -2.23. The maximum atomic E-state index is 3.43. The number of hydrogen-bond donors (Lipinski definition) is 1. The molecule has 1 fully saturated rings. The second-order valence-corrected chi connectivity index (χ2v) is 4.49. The molecule has 2 aliphatic rings. The summed E-state index contributed by atoms with van der Waals surface area (Å²) in [6.45, 7) is 2.34. The summed E-state index contributed by atoms with van der Waals surface area (Å²) in [6.07, 6.45) is 5.03. The molecule has 1 heteroatoms. The molecule has 1 aliphatic carbocycles. The number of piperidine rings is 1. The van der Waals surface area contributed by atoms with E-state index in [9.17, 15) is 0 Å². The lowest BCUT2D eigenvalue weighted by atomic mass is 9.95. The van der Waals surface area contributed by atoms with Crippen molar-refractivity contribution < 1.29 is 0 Å². The molecule has 15 heavy (non-hydrogen) atoms. The summed E-state index contributed by atoms with van der Waals surface area (Å²) in [5.74, 6) is 0. The van der Waals surface area contributed by atoms with E-state index in [2.05, 4.69) is 29.6 Å². The van der Waals surface area contributed by atoms with Gasteiger partial charge in [0.15, 0.2) is 0 Å². The molecule has 0 aromatic heterocycles. The van der Waals surface area contributed by atoms with Gasteiger partial charge in [-0.25, -0.2) is 0 Å². The molecule has 78 valence electrons. The highest BCUT2D eigenvalue weighted by atomic mass is 14.9. The van der Waals surface area contributed by atoms with E-state index in [1.165, 1.54) is 44.3 Å². The van der Waals surface area contributed by atoms with Crippen LogP contribution in [-0.4, -0.2) is 13.1 Å². The third kappa shape index (κ3) is 1.61. The molecule has 1 aromatic carbocycles. The zero-order valence-electron chi connectivity index (χ0n) is 9.05. The highest BCUT2D eigenvalue weighted by molar-refractivity contribution is 5.75. The van der Waals surface area contributed by atoms with Gasteiger partial charge in [-0.3, -0.25) is 0 Å². The minimum Gasteiger partial charge on any atom is -0.316 e. The topological polar surface area (TPSA) is 12.0 Å². The minimum atomic E-state index is 1.17. The summed E-state index contributed by atoms with van der Waals surface area (Å²) < 4.78 is 0. The van der Waals surface area contributed by atoms with Crippen molar-refractivity contribution in [3.63, 3.8) is 0 Å². The number of hydrogen-bond acceptors (Lipinski definition) is 1. The highest BCUT2D eigenvalue weighted by Crippen LogP contribution is 2.36. The molecule has 0 amide bonds. The monoisotopic (exact) mass is 199 g/mol. The maximum absolute atomic E-state index is 3.43. The standard InChI is InChI=1S/C14H17N/c1-2-4-13-11(3-1)5-6-14(13)12-7-9-15-10-8-12/h1-4,15H,5-10H2. The quantitative estimate of drug-likeness (QED) is 0.677. The van der Waals surface area contributed by atoms with E-state index in [1.807, 2.05) is 0 Å². The van der Waals surface area contributed by atoms with Gasteiger partial charge >= 0.3 is 0 Å². The van der Waals surface area contributed by atoms with Crippen molar-refractivity contribution in [3.05, 3.63) is 41.0 Å². The van der Waals surface area contributed by atoms with E-state index >= 15 is 0 Å². The van der Waals surface area contributed by atoms with Crippen LogP contribution in [0.1, 0.15) is 30.4 Å². The summed E-state index contributed by atoms with van der Waals surface area (Å²) in [4.78, 5) is 0. The van der Waals surface area contributed by atoms with Gasteiger partial charge in [0.1, 0.15) is 0 Å². The van der Waals surface area contributed by atoms with Gasteiger partial charge in [0.05, 0.1) is 0 Å². The normalized spacial score (nSPS) is 20.5. The fraction of sp³-hybridized carbons (Fsp3) is 0.429. The Morgan fingerprint density at radius 2 is 1.67 bits per heavy atom. The first-order chi connectivity index (χ1) is 7.45. The summed E-state index contributed by atoms with van der Waals surface area (Å²) in [5.41, 5.74) is 6.46. The van der Waals surface area contributed by atoms with Gasteiger partial charge in [0.25, 0.3) is 0 Å². The summed E-state index contributed by atoms with van der Waals surface area (Å²) in [5, 5.41) is 3.43. The van der Waals surface area contributed by atoms with Gasteiger partial charge in [0.2, 0.25) is 0 Å². The molecule has 1 aliphatic heterocycles. The van der Waals surface area contributed by atoms with E-state index < -0.39 is 0 Å². The number of fused-ring (bicyclic) bond motifs is 1. The van der Waals surface area contributed by atoms with Gasteiger partial charge in [-0.05, 0) is 55.5 Å². The maximum Gasteiger partial charge on any atom is -0.00112 e. The molecule has 0 unspecified atom stereocenters. The molecular formula is C14H17N. The second-order valence-electron chi connectivity index (χ2n) is 4.49. The molecule has 0 bridgehead atoms. The van der Waals surface area contributed by atoms with Crippen molar-refractivity contribution in [1.29, 1.82) is 0 Å².